The van der Waals surface area contributed by atoms with Gasteiger partial charge in [0.25, 0.3) is 0 Å². The van der Waals surface area contributed by atoms with Crippen molar-refractivity contribution in [1.82, 2.24) is 4.90 Å². The fourth-order valence-corrected chi connectivity index (χ4v) is 2.67. The molecular weight excluding hydrogens is 188 g/mol. The van der Waals surface area contributed by atoms with E-state index in [1.54, 1.807) is 0 Å². The Morgan fingerprint density at radius 3 is 2.80 bits per heavy atom. The molecule has 1 heterocycles. The third-order valence-electron chi connectivity index (χ3n) is 3.57. The molecule has 0 aromatic carbocycles. The third kappa shape index (κ3) is 3.74. The number of hydrogen-bond donors (Lipinski definition) is 2. The molecule has 15 heavy (non-hydrogen) atoms. The van der Waals surface area contributed by atoms with Gasteiger partial charge in [-0.05, 0) is 38.8 Å². The second kappa shape index (κ2) is 7.20. The minimum Gasteiger partial charge on any atom is -0.395 e. The molecule has 1 aliphatic heterocycles. The van der Waals surface area contributed by atoms with Gasteiger partial charge >= 0.3 is 0 Å². The van der Waals surface area contributed by atoms with E-state index < -0.39 is 0 Å². The van der Waals surface area contributed by atoms with Crippen LogP contribution in [-0.2, 0) is 0 Å². The smallest absolute Gasteiger partial charge is 0.0586 e. The molecule has 0 aromatic rings. The number of aliphatic hydroxyl groups is 1. The first-order valence-corrected chi connectivity index (χ1v) is 6.40. The average Bonchev–Trinajstić information content (AvgIpc) is 2.50. The number of likely N-dealkylation sites (tertiary alicyclic amines) is 1. The topological polar surface area (TPSA) is 49.5 Å². The molecule has 0 spiro atoms. The van der Waals surface area contributed by atoms with E-state index in [1.807, 2.05) is 0 Å². The van der Waals surface area contributed by atoms with Crippen molar-refractivity contribution >= 4 is 0 Å². The monoisotopic (exact) mass is 214 g/mol. The summed E-state index contributed by atoms with van der Waals surface area (Å²) in [6, 6.07) is 0.953. The van der Waals surface area contributed by atoms with Crippen molar-refractivity contribution in [2.24, 2.45) is 5.73 Å². The quantitative estimate of drug-likeness (QED) is 0.726. The van der Waals surface area contributed by atoms with Gasteiger partial charge in [-0.25, -0.2) is 0 Å². The van der Waals surface area contributed by atoms with Gasteiger partial charge in [0.2, 0.25) is 0 Å². The third-order valence-corrected chi connectivity index (χ3v) is 3.57. The van der Waals surface area contributed by atoms with Crippen molar-refractivity contribution < 1.29 is 5.11 Å². The molecule has 0 saturated carbocycles. The van der Waals surface area contributed by atoms with Crippen molar-refractivity contribution in [3.8, 4) is 0 Å². The Morgan fingerprint density at radius 2 is 2.20 bits per heavy atom. The summed E-state index contributed by atoms with van der Waals surface area (Å²) in [4.78, 5) is 2.50. The summed E-state index contributed by atoms with van der Waals surface area (Å²) in [5.74, 6) is 0. The molecule has 2 unspecified atom stereocenters. The predicted octanol–water partition coefficient (Wildman–Crippen LogP) is 1.35. The van der Waals surface area contributed by atoms with Gasteiger partial charge in [-0.1, -0.05) is 19.8 Å². The molecule has 1 aliphatic rings. The van der Waals surface area contributed by atoms with Crippen LogP contribution in [0.3, 0.4) is 0 Å². The van der Waals surface area contributed by atoms with Crippen LogP contribution in [0.5, 0.6) is 0 Å². The van der Waals surface area contributed by atoms with Crippen LogP contribution in [0.1, 0.15) is 45.4 Å². The zero-order chi connectivity index (χ0) is 11.1. The maximum atomic E-state index is 9.43. The summed E-state index contributed by atoms with van der Waals surface area (Å²) in [6.45, 7) is 4.43. The van der Waals surface area contributed by atoms with Crippen molar-refractivity contribution in [2.45, 2.75) is 57.5 Å². The first kappa shape index (κ1) is 12.9. The second-order valence-electron chi connectivity index (χ2n) is 4.56. The van der Waals surface area contributed by atoms with E-state index in [9.17, 15) is 5.11 Å². The van der Waals surface area contributed by atoms with E-state index in [1.165, 1.54) is 19.3 Å². The SMILES string of the molecule is CCC(CCN)N1CCCCCC1CO. The summed E-state index contributed by atoms with van der Waals surface area (Å²) in [5.41, 5.74) is 5.65. The molecule has 1 rings (SSSR count). The fourth-order valence-electron chi connectivity index (χ4n) is 2.67. The van der Waals surface area contributed by atoms with Gasteiger partial charge < -0.3 is 10.8 Å². The molecule has 3 N–H and O–H groups in total. The number of rotatable bonds is 5. The highest BCUT2D eigenvalue weighted by Crippen LogP contribution is 2.21. The Labute approximate surface area is 93.6 Å². The molecular formula is C12H26N2O. The van der Waals surface area contributed by atoms with Crippen LogP contribution < -0.4 is 5.73 Å². The largest absolute Gasteiger partial charge is 0.395 e. The summed E-state index contributed by atoms with van der Waals surface area (Å²) in [5, 5.41) is 9.43. The first-order chi connectivity index (χ1) is 7.33. The van der Waals surface area contributed by atoms with Crippen LogP contribution in [0.15, 0.2) is 0 Å². The van der Waals surface area contributed by atoms with E-state index in [4.69, 9.17) is 5.73 Å². The average molecular weight is 214 g/mol. The highest BCUT2D eigenvalue weighted by molar-refractivity contribution is 4.80. The lowest BCUT2D eigenvalue weighted by Gasteiger charge is -2.35. The second-order valence-corrected chi connectivity index (χ2v) is 4.56. The van der Waals surface area contributed by atoms with Crippen molar-refractivity contribution in [2.75, 3.05) is 19.7 Å². The van der Waals surface area contributed by atoms with Gasteiger partial charge in [-0.15, -0.1) is 0 Å². The Hall–Kier alpha value is -0.120. The van der Waals surface area contributed by atoms with E-state index in [2.05, 4.69) is 11.8 Å². The summed E-state index contributed by atoms with van der Waals surface area (Å²) < 4.78 is 0. The lowest BCUT2D eigenvalue weighted by atomic mass is 10.1. The van der Waals surface area contributed by atoms with Gasteiger partial charge in [0, 0.05) is 12.1 Å². The molecule has 0 amide bonds. The van der Waals surface area contributed by atoms with Crippen LogP contribution in [-0.4, -0.2) is 41.8 Å². The van der Waals surface area contributed by atoms with Gasteiger partial charge in [-0.3, -0.25) is 4.90 Å². The Kier molecular flexibility index (Phi) is 6.22. The van der Waals surface area contributed by atoms with Crippen LogP contribution in [0.4, 0.5) is 0 Å². The van der Waals surface area contributed by atoms with Crippen LogP contribution in [0.25, 0.3) is 0 Å². The van der Waals surface area contributed by atoms with E-state index in [0.29, 0.717) is 18.7 Å². The van der Waals surface area contributed by atoms with Crippen molar-refractivity contribution in [3.05, 3.63) is 0 Å². The number of hydrogen-bond acceptors (Lipinski definition) is 3. The number of nitrogens with two attached hydrogens (primary N) is 1. The first-order valence-electron chi connectivity index (χ1n) is 6.40. The van der Waals surface area contributed by atoms with Gasteiger partial charge in [-0.2, -0.15) is 0 Å². The molecule has 3 heteroatoms. The number of aliphatic hydroxyl groups excluding tert-OH is 1. The van der Waals surface area contributed by atoms with Gasteiger partial charge in [0.15, 0.2) is 0 Å². The predicted molar refractivity (Wildman–Crippen MR) is 63.8 cm³/mol. The maximum absolute atomic E-state index is 9.43. The van der Waals surface area contributed by atoms with Crippen LogP contribution in [0, 0.1) is 0 Å². The Bertz CT molecular complexity index is 164. The van der Waals surface area contributed by atoms with Gasteiger partial charge in [0.05, 0.1) is 6.61 Å². The summed E-state index contributed by atoms with van der Waals surface area (Å²) in [6.07, 6.45) is 7.21. The summed E-state index contributed by atoms with van der Waals surface area (Å²) >= 11 is 0. The zero-order valence-electron chi connectivity index (χ0n) is 9.99. The normalized spacial score (nSPS) is 26.2. The van der Waals surface area contributed by atoms with E-state index in [-0.39, 0.29) is 0 Å². The molecule has 0 radical (unpaired) electrons. The molecule has 0 bridgehead atoms. The Balaban J connectivity index is 2.58. The molecule has 0 aliphatic carbocycles. The van der Waals surface area contributed by atoms with Crippen LogP contribution in [0.2, 0.25) is 0 Å². The van der Waals surface area contributed by atoms with E-state index >= 15 is 0 Å². The highest BCUT2D eigenvalue weighted by Gasteiger charge is 2.25. The fraction of sp³-hybridized carbons (Fsp3) is 1.00. The highest BCUT2D eigenvalue weighted by atomic mass is 16.3. The Morgan fingerprint density at radius 1 is 1.40 bits per heavy atom. The molecule has 2 atom stereocenters. The van der Waals surface area contributed by atoms with E-state index in [0.717, 1.165) is 32.4 Å². The number of nitrogens with zero attached hydrogens (tertiary/aromatic N) is 1. The summed E-state index contributed by atoms with van der Waals surface area (Å²) in [7, 11) is 0. The standard InChI is InChI=1S/C12H26N2O/c1-2-11(7-8-13)14-9-5-3-4-6-12(14)10-15/h11-12,15H,2-10,13H2,1H3. The van der Waals surface area contributed by atoms with Gasteiger partial charge in [0.1, 0.15) is 0 Å². The molecule has 0 aromatic heterocycles. The zero-order valence-corrected chi connectivity index (χ0v) is 9.99. The minimum atomic E-state index is 0.307. The molecule has 90 valence electrons. The maximum Gasteiger partial charge on any atom is 0.0586 e. The lowest BCUT2D eigenvalue weighted by molar-refractivity contribution is 0.0793. The van der Waals surface area contributed by atoms with Crippen LogP contribution >= 0.6 is 0 Å². The van der Waals surface area contributed by atoms with Crippen molar-refractivity contribution in [1.29, 1.82) is 0 Å². The van der Waals surface area contributed by atoms with Crippen molar-refractivity contribution in [3.63, 3.8) is 0 Å². The minimum absolute atomic E-state index is 0.307. The molecule has 3 nitrogen and oxygen atoms in total. The molecule has 1 fully saturated rings. The molecule has 1 saturated heterocycles. The lowest BCUT2D eigenvalue weighted by Crippen LogP contribution is -2.45.